The lowest BCUT2D eigenvalue weighted by Crippen LogP contribution is -2.40. The highest BCUT2D eigenvalue weighted by molar-refractivity contribution is 8.69. The molecule has 1 N–H and O–H groups in total. The Hall–Kier alpha value is 0.330. The van der Waals surface area contributed by atoms with Crippen LogP contribution in [0.5, 0.6) is 0 Å². The third kappa shape index (κ3) is 3.17. The van der Waals surface area contributed by atoms with E-state index in [0.717, 1.165) is 25.3 Å². The first-order valence-corrected chi connectivity index (χ1v) is 8.32. The van der Waals surface area contributed by atoms with Crippen LogP contribution in [0.1, 0.15) is 44.9 Å². The maximum Gasteiger partial charge on any atom is 0.163 e. The highest BCUT2D eigenvalue weighted by Gasteiger charge is 2.29. The molecule has 2 saturated carbocycles. The third-order valence-electron chi connectivity index (χ3n) is 3.94. The molecule has 0 amide bonds. The average molecular weight is 259 g/mol. The fraction of sp³-hybridized carbons (Fsp3) is 0.917. The van der Waals surface area contributed by atoms with E-state index in [-0.39, 0.29) is 5.37 Å². The topological polar surface area (TPSA) is 29.1 Å². The number of rotatable bonds is 6. The second-order valence-electron chi connectivity index (χ2n) is 5.07. The summed E-state index contributed by atoms with van der Waals surface area (Å²) >= 11 is 4.23. The molecule has 0 aromatic rings. The van der Waals surface area contributed by atoms with E-state index >= 15 is 0 Å². The number of hydrogen-bond acceptors (Lipinski definition) is 4. The molecule has 4 heteroatoms. The Morgan fingerprint density at radius 2 is 1.94 bits per heavy atom. The SMILES string of the molecule is O=C(C1CCCC1)C(NCC1CCC1)SS. The van der Waals surface area contributed by atoms with Crippen LogP contribution in [0.3, 0.4) is 0 Å². The summed E-state index contributed by atoms with van der Waals surface area (Å²) in [6, 6.07) is 0. The zero-order valence-corrected chi connectivity index (χ0v) is 11.4. The number of Topliss-reactive ketones (excluding diaryl/α,β-unsaturated/α-hetero) is 1. The second kappa shape index (κ2) is 6.31. The lowest BCUT2D eigenvalue weighted by molar-refractivity contribution is -0.122. The van der Waals surface area contributed by atoms with E-state index in [4.69, 9.17) is 0 Å². The largest absolute Gasteiger partial charge is 0.298 e. The Labute approximate surface area is 107 Å². The van der Waals surface area contributed by atoms with Crippen molar-refractivity contribution in [3.8, 4) is 0 Å². The van der Waals surface area contributed by atoms with E-state index in [1.807, 2.05) is 0 Å². The Morgan fingerprint density at radius 3 is 2.44 bits per heavy atom. The lowest BCUT2D eigenvalue weighted by atomic mass is 9.85. The summed E-state index contributed by atoms with van der Waals surface area (Å²) in [5.74, 6) is 1.50. The van der Waals surface area contributed by atoms with Gasteiger partial charge in [-0.3, -0.25) is 10.1 Å². The van der Waals surface area contributed by atoms with Crippen LogP contribution >= 0.6 is 22.5 Å². The summed E-state index contributed by atoms with van der Waals surface area (Å²) in [4.78, 5) is 12.2. The number of thiol groups is 1. The van der Waals surface area contributed by atoms with Crippen LogP contribution in [0.15, 0.2) is 0 Å². The van der Waals surface area contributed by atoms with Crippen LogP contribution in [0.25, 0.3) is 0 Å². The fourth-order valence-corrected chi connectivity index (χ4v) is 3.59. The minimum absolute atomic E-state index is 0.0768. The molecule has 92 valence electrons. The highest BCUT2D eigenvalue weighted by atomic mass is 33.1. The normalized spacial score (nSPS) is 24.3. The molecule has 0 radical (unpaired) electrons. The smallest absolute Gasteiger partial charge is 0.163 e. The monoisotopic (exact) mass is 259 g/mol. The molecular formula is C12H21NOS2. The molecule has 1 atom stereocenters. The number of carbonyl (C=O) groups excluding carboxylic acids is 1. The zero-order valence-electron chi connectivity index (χ0n) is 9.65. The van der Waals surface area contributed by atoms with Crippen molar-refractivity contribution in [2.75, 3.05) is 6.54 Å². The first-order chi connectivity index (χ1) is 7.81. The van der Waals surface area contributed by atoms with Crippen LogP contribution in [-0.2, 0) is 4.79 Å². The van der Waals surface area contributed by atoms with Crippen molar-refractivity contribution in [1.29, 1.82) is 0 Å². The quantitative estimate of drug-likeness (QED) is 0.436. The van der Waals surface area contributed by atoms with Crippen LogP contribution in [0.4, 0.5) is 0 Å². The molecule has 2 fully saturated rings. The molecule has 0 saturated heterocycles. The predicted molar refractivity (Wildman–Crippen MR) is 72.7 cm³/mol. The molecule has 16 heavy (non-hydrogen) atoms. The Bertz CT molecular complexity index is 237. The highest BCUT2D eigenvalue weighted by Crippen LogP contribution is 2.30. The molecular weight excluding hydrogens is 238 g/mol. The van der Waals surface area contributed by atoms with Crippen molar-refractivity contribution in [3.63, 3.8) is 0 Å². The molecule has 2 aliphatic rings. The standard InChI is InChI=1S/C12H21NOS2/c14-11(10-6-1-2-7-10)12(16-15)13-8-9-4-3-5-9/h9-10,12-13,15H,1-8H2. The van der Waals surface area contributed by atoms with Crippen LogP contribution in [0, 0.1) is 11.8 Å². The summed E-state index contributed by atoms with van der Waals surface area (Å²) < 4.78 is 0. The zero-order chi connectivity index (χ0) is 11.4. The molecule has 2 aliphatic carbocycles. The van der Waals surface area contributed by atoms with Gasteiger partial charge in [0, 0.05) is 5.92 Å². The predicted octanol–water partition coefficient (Wildman–Crippen LogP) is 3.04. The Balaban J connectivity index is 1.75. The minimum atomic E-state index is -0.0768. The van der Waals surface area contributed by atoms with Gasteiger partial charge in [0.05, 0.1) is 0 Å². The number of hydrogen-bond donors (Lipinski definition) is 2. The fourth-order valence-electron chi connectivity index (χ4n) is 2.58. The summed E-state index contributed by atoms with van der Waals surface area (Å²) in [5.41, 5.74) is 0. The molecule has 2 rings (SSSR count). The second-order valence-corrected chi connectivity index (χ2v) is 6.39. The van der Waals surface area contributed by atoms with E-state index in [2.05, 4.69) is 17.0 Å². The minimum Gasteiger partial charge on any atom is -0.298 e. The van der Waals surface area contributed by atoms with Gasteiger partial charge in [0.15, 0.2) is 5.78 Å². The molecule has 1 unspecified atom stereocenters. The first kappa shape index (κ1) is 12.8. The molecule has 2 nitrogen and oxygen atoms in total. The molecule has 0 bridgehead atoms. The summed E-state index contributed by atoms with van der Waals surface area (Å²) in [6.45, 7) is 0.997. The molecule has 0 aromatic carbocycles. The van der Waals surface area contributed by atoms with Crippen molar-refractivity contribution in [3.05, 3.63) is 0 Å². The van der Waals surface area contributed by atoms with Crippen LogP contribution in [-0.4, -0.2) is 17.7 Å². The summed E-state index contributed by atoms with van der Waals surface area (Å²) in [7, 11) is 1.38. The Morgan fingerprint density at radius 1 is 1.25 bits per heavy atom. The number of nitrogens with one attached hydrogen (secondary N) is 1. The Kier molecular flexibility index (Phi) is 5.04. The van der Waals surface area contributed by atoms with E-state index < -0.39 is 0 Å². The average Bonchev–Trinajstić information content (AvgIpc) is 2.74. The van der Waals surface area contributed by atoms with Gasteiger partial charge in [0.2, 0.25) is 0 Å². The van der Waals surface area contributed by atoms with E-state index in [9.17, 15) is 4.79 Å². The van der Waals surface area contributed by atoms with Crippen molar-refractivity contribution in [2.45, 2.75) is 50.3 Å². The van der Waals surface area contributed by atoms with Crippen LogP contribution in [0.2, 0.25) is 0 Å². The van der Waals surface area contributed by atoms with Crippen molar-refractivity contribution in [1.82, 2.24) is 5.32 Å². The van der Waals surface area contributed by atoms with Crippen molar-refractivity contribution < 1.29 is 4.79 Å². The maximum absolute atomic E-state index is 12.2. The van der Waals surface area contributed by atoms with Gasteiger partial charge < -0.3 is 0 Å². The van der Waals surface area contributed by atoms with Gasteiger partial charge in [-0.05, 0) is 38.1 Å². The van der Waals surface area contributed by atoms with Crippen molar-refractivity contribution >= 4 is 28.2 Å². The molecule has 0 aliphatic heterocycles. The van der Waals surface area contributed by atoms with Gasteiger partial charge in [-0.25, -0.2) is 0 Å². The first-order valence-electron chi connectivity index (χ1n) is 6.38. The van der Waals surface area contributed by atoms with Gasteiger partial charge in [-0.1, -0.05) is 30.1 Å². The summed E-state index contributed by atoms with van der Waals surface area (Å²) in [5, 5.41) is 3.31. The lowest BCUT2D eigenvalue weighted by Gasteiger charge is -2.28. The van der Waals surface area contributed by atoms with Crippen molar-refractivity contribution in [2.24, 2.45) is 11.8 Å². The number of ketones is 1. The molecule has 0 spiro atoms. The van der Waals surface area contributed by atoms with E-state index in [1.165, 1.54) is 42.9 Å². The maximum atomic E-state index is 12.2. The van der Waals surface area contributed by atoms with E-state index in [0.29, 0.717) is 11.7 Å². The van der Waals surface area contributed by atoms with Gasteiger partial charge >= 0.3 is 0 Å². The third-order valence-corrected chi connectivity index (χ3v) is 5.18. The van der Waals surface area contributed by atoms with Gasteiger partial charge in [-0.15, -0.1) is 11.7 Å². The molecule has 0 heterocycles. The van der Waals surface area contributed by atoms with Crippen LogP contribution < -0.4 is 5.32 Å². The number of carbonyl (C=O) groups is 1. The van der Waals surface area contributed by atoms with E-state index in [1.54, 1.807) is 0 Å². The molecule has 0 aromatic heterocycles. The van der Waals surface area contributed by atoms with Gasteiger partial charge in [0.1, 0.15) is 5.37 Å². The van der Waals surface area contributed by atoms with Gasteiger partial charge in [0.25, 0.3) is 0 Å². The van der Waals surface area contributed by atoms with Gasteiger partial charge in [-0.2, -0.15) is 0 Å². The summed E-state index contributed by atoms with van der Waals surface area (Å²) in [6.07, 6.45) is 8.65.